The molecular formula is C51H32N2O. The maximum Gasteiger partial charge on any atom is 0.160 e. The summed E-state index contributed by atoms with van der Waals surface area (Å²) in [4.78, 5) is 10.4. The Morgan fingerprint density at radius 3 is 2.07 bits per heavy atom. The first kappa shape index (κ1) is 29.7. The minimum absolute atomic E-state index is 0.248. The molecule has 9 aromatic rings. The number of nitrogens with zero attached hydrogens (tertiary/aromatic N) is 2. The molecule has 7 aromatic carbocycles. The topological polar surface area (TPSA) is 38.9 Å². The molecule has 3 heteroatoms. The van der Waals surface area contributed by atoms with Gasteiger partial charge in [-0.05, 0) is 62.7 Å². The summed E-state index contributed by atoms with van der Waals surface area (Å²) in [5.41, 5.74) is 15.9. The quantitative estimate of drug-likeness (QED) is 0.185. The van der Waals surface area contributed by atoms with Crippen LogP contribution in [0.2, 0.25) is 0 Å². The monoisotopic (exact) mass is 688 g/mol. The van der Waals surface area contributed by atoms with Crippen molar-refractivity contribution in [2.24, 2.45) is 5.92 Å². The molecule has 0 N–H and O–H groups in total. The first-order valence-electron chi connectivity index (χ1n) is 18.7. The third-order valence-corrected chi connectivity index (χ3v) is 12.2. The van der Waals surface area contributed by atoms with Crippen LogP contribution in [0.1, 0.15) is 28.2 Å². The van der Waals surface area contributed by atoms with E-state index in [4.69, 9.17) is 14.4 Å². The maximum atomic E-state index is 6.47. The molecule has 3 unspecified atom stereocenters. The molecule has 3 nitrogen and oxygen atoms in total. The van der Waals surface area contributed by atoms with Crippen LogP contribution in [-0.2, 0) is 5.41 Å². The van der Waals surface area contributed by atoms with Gasteiger partial charge in [-0.15, -0.1) is 0 Å². The van der Waals surface area contributed by atoms with Crippen LogP contribution in [0.5, 0.6) is 0 Å². The van der Waals surface area contributed by atoms with E-state index in [9.17, 15) is 0 Å². The molecule has 0 bridgehead atoms. The van der Waals surface area contributed by atoms with E-state index < -0.39 is 0 Å². The van der Waals surface area contributed by atoms with E-state index >= 15 is 0 Å². The Hall–Kier alpha value is -6.84. The van der Waals surface area contributed by atoms with Crippen molar-refractivity contribution in [3.8, 4) is 44.9 Å². The molecule has 0 saturated carbocycles. The second-order valence-corrected chi connectivity index (χ2v) is 14.8. The molecule has 3 aliphatic carbocycles. The molecule has 2 aromatic heterocycles. The molecule has 252 valence electrons. The SMILES string of the molecule is C1=CC2c3ccccc3C3(c4ccccc4-c4c(-c5ccc(-c6nc(-c7cccc8c7oc7ccccc78)c7ccccc7n6)cc5)cccc43)C2C=C1. The minimum Gasteiger partial charge on any atom is -0.455 e. The van der Waals surface area contributed by atoms with Gasteiger partial charge in [0, 0.05) is 39.1 Å². The van der Waals surface area contributed by atoms with Crippen molar-refractivity contribution in [1.82, 2.24) is 9.97 Å². The Morgan fingerprint density at radius 1 is 0.481 bits per heavy atom. The smallest absolute Gasteiger partial charge is 0.160 e. The third-order valence-electron chi connectivity index (χ3n) is 12.2. The molecule has 0 aliphatic heterocycles. The predicted octanol–water partition coefficient (Wildman–Crippen LogP) is 12.7. The second kappa shape index (κ2) is 11.1. The number of para-hydroxylation sites is 3. The summed E-state index contributed by atoms with van der Waals surface area (Å²) in [6.07, 6.45) is 9.32. The fourth-order valence-corrected chi connectivity index (χ4v) is 10.0. The Bertz CT molecular complexity index is 3080. The number of rotatable bonds is 3. The second-order valence-electron chi connectivity index (χ2n) is 14.8. The summed E-state index contributed by atoms with van der Waals surface area (Å²) >= 11 is 0. The van der Waals surface area contributed by atoms with Gasteiger partial charge in [0.1, 0.15) is 11.2 Å². The number of fused-ring (bicyclic) bond motifs is 14. The van der Waals surface area contributed by atoms with Gasteiger partial charge < -0.3 is 4.42 Å². The Morgan fingerprint density at radius 2 is 1.15 bits per heavy atom. The van der Waals surface area contributed by atoms with Crippen molar-refractivity contribution in [3.63, 3.8) is 0 Å². The van der Waals surface area contributed by atoms with Gasteiger partial charge in [0.25, 0.3) is 0 Å². The van der Waals surface area contributed by atoms with Gasteiger partial charge in [0.05, 0.1) is 16.6 Å². The molecule has 54 heavy (non-hydrogen) atoms. The molecule has 0 amide bonds. The Labute approximate surface area is 312 Å². The van der Waals surface area contributed by atoms with E-state index in [2.05, 4.69) is 164 Å². The highest BCUT2D eigenvalue weighted by Gasteiger charge is 2.57. The Balaban J connectivity index is 1.01. The van der Waals surface area contributed by atoms with Gasteiger partial charge in [0.15, 0.2) is 5.82 Å². The van der Waals surface area contributed by atoms with E-state index in [1.165, 1.54) is 44.5 Å². The zero-order chi connectivity index (χ0) is 35.4. The fraction of sp³-hybridized carbons (Fsp3) is 0.0588. The average molecular weight is 689 g/mol. The van der Waals surface area contributed by atoms with Gasteiger partial charge in [-0.1, -0.05) is 164 Å². The van der Waals surface area contributed by atoms with Crippen molar-refractivity contribution >= 4 is 32.8 Å². The molecule has 0 saturated heterocycles. The van der Waals surface area contributed by atoms with Crippen molar-refractivity contribution < 1.29 is 4.42 Å². The number of aromatic nitrogens is 2. The van der Waals surface area contributed by atoms with Crippen LogP contribution < -0.4 is 0 Å². The van der Waals surface area contributed by atoms with Gasteiger partial charge in [0.2, 0.25) is 0 Å². The molecule has 0 fully saturated rings. The lowest BCUT2D eigenvalue weighted by Gasteiger charge is -2.36. The minimum atomic E-state index is -0.248. The van der Waals surface area contributed by atoms with E-state index in [-0.39, 0.29) is 5.41 Å². The Kier molecular flexibility index (Phi) is 6.10. The van der Waals surface area contributed by atoms with Crippen LogP contribution in [0.3, 0.4) is 0 Å². The summed E-state index contributed by atoms with van der Waals surface area (Å²) in [7, 11) is 0. The first-order valence-corrected chi connectivity index (χ1v) is 18.7. The van der Waals surface area contributed by atoms with Crippen molar-refractivity contribution in [3.05, 3.63) is 204 Å². The zero-order valence-corrected chi connectivity index (χ0v) is 29.3. The first-order chi connectivity index (χ1) is 26.8. The normalized spacial score (nSPS) is 19.0. The van der Waals surface area contributed by atoms with Gasteiger partial charge in [-0.2, -0.15) is 0 Å². The lowest BCUT2D eigenvalue weighted by Crippen LogP contribution is -2.32. The molecule has 2 heterocycles. The lowest BCUT2D eigenvalue weighted by molar-refractivity contribution is 0.465. The summed E-state index contributed by atoms with van der Waals surface area (Å²) in [5.74, 6) is 1.35. The number of hydrogen-bond acceptors (Lipinski definition) is 3. The third kappa shape index (κ3) is 3.91. The van der Waals surface area contributed by atoms with Crippen molar-refractivity contribution in [2.45, 2.75) is 11.3 Å². The van der Waals surface area contributed by atoms with Crippen LogP contribution in [0, 0.1) is 5.92 Å². The van der Waals surface area contributed by atoms with Gasteiger partial charge in [-0.3, -0.25) is 0 Å². The van der Waals surface area contributed by atoms with E-state index in [1.807, 2.05) is 18.2 Å². The molecule has 3 atom stereocenters. The number of hydrogen-bond donors (Lipinski definition) is 0. The van der Waals surface area contributed by atoms with Crippen LogP contribution in [-0.4, -0.2) is 9.97 Å². The van der Waals surface area contributed by atoms with E-state index in [0.29, 0.717) is 17.7 Å². The zero-order valence-electron chi connectivity index (χ0n) is 29.3. The summed E-state index contributed by atoms with van der Waals surface area (Å²) < 4.78 is 6.47. The van der Waals surface area contributed by atoms with E-state index in [0.717, 1.165) is 49.7 Å². The molecule has 3 aliphatic rings. The van der Waals surface area contributed by atoms with Crippen molar-refractivity contribution in [1.29, 1.82) is 0 Å². The molecule has 0 radical (unpaired) electrons. The summed E-state index contributed by atoms with van der Waals surface area (Å²) in [6, 6.07) is 56.8. The predicted molar refractivity (Wildman–Crippen MR) is 219 cm³/mol. The van der Waals surface area contributed by atoms with Crippen molar-refractivity contribution in [2.75, 3.05) is 0 Å². The molecular weight excluding hydrogens is 657 g/mol. The summed E-state index contributed by atoms with van der Waals surface area (Å²) in [5, 5.41) is 3.19. The van der Waals surface area contributed by atoms with E-state index in [1.54, 1.807) is 0 Å². The van der Waals surface area contributed by atoms with Crippen LogP contribution in [0.25, 0.3) is 77.7 Å². The fourth-order valence-electron chi connectivity index (χ4n) is 10.0. The standard InChI is InChI=1S/C51H32N2O/c1-6-21-41-34(13-1)35-14-2-7-22-42(35)51(41)43-23-8-3-16-38(43)47-33(18-12-24-44(47)51)31-27-29-32(30-28-31)50-52-45-25-9-4-17-39(45)48(53-50)40-20-11-19-37-36-15-5-10-26-46(36)54-49(37)40/h1-30,34,41H. The maximum absolute atomic E-state index is 6.47. The number of benzene rings is 7. The van der Waals surface area contributed by atoms with Crippen LogP contribution >= 0.6 is 0 Å². The summed E-state index contributed by atoms with van der Waals surface area (Å²) in [6.45, 7) is 0. The number of furan rings is 1. The highest BCUT2D eigenvalue weighted by atomic mass is 16.3. The average Bonchev–Trinajstić information content (AvgIpc) is 3.88. The van der Waals surface area contributed by atoms with Crippen LogP contribution in [0.4, 0.5) is 0 Å². The highest BCUT2D eigenvalue weighted by Crippen LogP contribution is 2.66. The van der Waals surface area contributed by atoms with Gasteiger partial charge >= 0.3 is 0 Å². The van der Waals surface area contributed by atoms with Gasteiger partial charge in [-0.25, -0.2) is 9.97 Å². The highest BCUT2D eigenvalue weighted by molar-refractivity contribution is 6.11. The van der Waals surface area contributed by atoms with Crippen LogP contribution in [0.15, 0.2) is 186 Å². The number of allylic oxidation sites excluding steroid dienone is 4. The molecule has 12 rings (SSSR count). The molecule has 1 spiro atoms. The lowest BCUT2D eigenvalue weighted by atomic mass is 9.65. The largest absolute Gasteiger partial charge is 0.455 e.